The van der Waals surface area contributed by atoms with Gasteiger partial charge in [-0.05, 0) is 63.8 Å². The van der Waals surface area contributed by atoms with Gasteiger partial charge in [0.15, 0.2) is 5.78 Å². The Balaban J connectivity index is 2.02. The molecule has 5 heteroatoms. The Hall–Kier alpha value is -3.21. The molecule has 158 valence electrons. The second kappa shape index (κ2) is 8.66. The normalized spacial score (nSPS) is 15.2. The van der Waals surface area contributed by atoms with Crippen LogP contribution >= 0.6 is 0 Å². The van der Waals surface area contributed by atoms with Crippen LogP contribution in [0, 0.1) is 0 Å². The molecule has 30 heavy (non-hydrogen) atoms. The summed E-state index contributed by atoms with van der Waals surface area (Å²) in [5.74, 6) is -0.200. The molecule has 5 nitrogen and oxygen atoms in total. The number of aromatic hydroxyl groups is 3. The Morgan fingerprint density at radius 2 is 1.63 bits per heavy atom. The van der Waals surface area contributed by atoms with Crippen molar-refractivity contribution in [2.45, 2.75) is 53.1 Å². The lowest BCUT2D eigenvalue weighted by Crippen LogP contribution is -2.22. The zero-order valence-electron chi connectivity index (χ0n) is 17.8. The summed E-state index contributed by atoms with van der Waals surface area (Å²) >= 11 is 0. The third-order valence-electron chi connectivity index (χ3n) is 5.17. The van der Waals surface area contributed by atoms with Crippen LogP contribution in [0.1, 0.15) is 67.3 Å². The van der Waals surface area contributed by atoms with Crippen molar-refractivity contribution in [2.75, 3.05) is 0 Å². The number of fused-ring (bicyclic) bond motifs is 1. The largest absolute Gasteiger partial charge is 0.508 e. The minimum absolute atomic E-state index is 0.0697. The van der Waals surface area contributed by atoms with Crippen LogP contribution < -0.4 is 4.74 Å². The standard InChI is InChI=1S/C25H28O5/c1-14(2)5-7-16-11-17(8-10-19(16)26)23-13-22(29)24-21(28)12-20(27)18(25(24)30-23)9-6-15(3)4/h5-6,8,10-12,23,26-28H,7,9,13H2,1-4H3/t23-/m0/s1. The summed E-state index contributed by atoms with van der Waals surface area (Å²) in [6, 6.07) is 6.39. The smallest absolute Gasteiger partial charge is 0.174 e. The van der Waals surface area contributed by atoms with E-state index >= 15 is 0 Å². The molecular formula is C25H28O5. The minimum Gasteiger partial charge on any atom is -0.508 e. The molecule has 1 aliphatic heterocycles. The van der Waals surface area contributed by atoms with Gasteiger partial charge in [0.1, 0.15) is 34.7 Å². The fourth-order valence-corrected chi connectivity index (χ4v) is 3.50. The Bertz CT molecular complexity index is 1040. The Kier molecular flexibility index (Phi) is 6.20. The third-order valence-corrected chi connectivity index (χ3v) is 5.17. The van der Waals surface area contributed by atoms with E-state index in [9.17, 15) is 20.1 Å². The first-order valence-corrected chi connectivity index (χ1v) is 10.0. The van der Waals surface area contributed by atoms with Crippen molar-refractivity contribution in [3.05, 3.63) is 69.8 Å². The van der Waals surface area contributed by atoms with E-state index in [4.69, 9.17) is 4.74 Å². The highest BCUT2D eigenvalue weighted by atomic mass is 16.5. The van der Waals surface area contributed by atoms with Crippen molar-refractivity contribution in [1.82, 2.24) is 0 Å². The SMILES string of the molecule is CC(C)=CCc1cc([C@@H]2CC(=O)c3c(O)cc(O)c(CC=C(C)C)c3O2)ccc1O. The summed E-state index contributed by atoms with van der Waals surface area (Å²) in [5.41, 5.74) is 4.32. The van der Waals surface area contributed by atoms with E-state index in [-0.39, 0.29) is 40.8 Å². The highest BCUT2D eigenvalue weighted by molar-refractivity contribution is 6.03. The molecule has 3 N–H and O–H groups in total. The van der Waals surface area contributed by atoms with E-state index in [1.165, 1.54) is 6.07 Å². The van der Waals surface area contributed by atoms with Crippen molar-refractivity contribution >= 4 is 5.78 Å². The van der Waals surface area contributed by atoms with Gasteiger partial charge in [0.2, 0.25) is 0 Å². The zero-order chi connectivity index (χ0) is 22.0. The first-order valence-electron chi connectivity index (χ1n) is 10.0. The highest BCUT2D eigenvalue weighted by Gasteiger charge is 2.33. The van der Waals surface area contributed by atoms with Crippen molar-refractivity contribution in [1.29, 1.82) is 0 Å². The summed E-state index contributed by atoms with van der Waals surface area (Å²) in [5, 5.41) is 30.8. The fourth-order valence-electron chi connectivity index (χ4n) is 3.50. The fraction of sp³-hybridized carbons (Fsp3) is 0.320. The van der Waals surface area contributed by atoms with Gasteiger partial charge in [0.25, 0.3) is 0 Å². The number of phenols is 3. The van der Waals surface area contributed by atoms with Gasteiger partial charge in [0, 0.05) is 11.6 Å². The molecular weight excluding hydrogens is 380 g/mol. The van der Waals surface area contributed by atoms with E-state index in [0.29, 0.717) is 18.4 Å². The van der Waals surface area contributed by atoms with E-state index in [0.717, 1.165) is 22.3 Å². The number of ketones is 1. The molecule has 0 unspecified atom stereocenters. The molecule has 2 aromatic carbocycles. The Morgan fingerprint density at radius 1 is 0.967 bits per heavy atom. The van der Waals surface area contributed by atoms with Crippen molar-refractivity contribution in [3.63, 3.8) is 0 Å². The van der Waals surface area contributed by atoms with Gasteiger partial charge in [-0.2, -0.15) is 0 Å². The first kappa shape index (κ1) is 21.5. The van der Waals surface area contributed by atoms with Crippen LogP contribution in [0.2, 0.25) is 0 Å². The molecule has 0 spiro atoms. The third kappa shape index (κ3) is 4.51. The number of Topliss-reactive ketones (excluding diaryl/α,β-unsaturated/α-hetero) is 1. The van der Waals surface area contributed by atoms with E-state index in [2.05, 4.69) is 0 Å². The quantitative estimate of drug-likeness (QED) is 0.567. The molecule has 1 aliphatic rings. The predicted molar refractivity (Wildman–Crippen MR) is 116 cm³/mol. The van der Waals surface area contributed by atoms with Gasteiger partial charge >= 0.3 is 0 Å². The van der Waals surface area contributed by atoms with Crippen LogP contribution in [0.25, 0.3) is 0 Å². The summed E-state index contributed by atoms with van der Waals surface area (Å²) in [7, 11) is 0. The predicted octanol–water partition coefficient (Wildman–Crippen LogP) is 5.53. The van der Waals surface area contributed by atoms with Crippen LogP contribution in [-0.4, -0.2) is 21.1 Å². The average molecular weight is 408 g/mol. The molecule has 1 heterocycles. The second-order valence-corrected chi connectivity index (χ2v) is 8.19. The maximum atomic E-state index is 12.9. The topological polar surface area (TPSA) is 87.0 Å². The number of allylic oxidation sites excluding steroid dienone is 4. The molecule has 0 amide bonds. The molecule has 1 atom stereocenters. The number of hydrogen-bond donors (Lipinski definition) is 3. The maximum absolute atomic E-state index is 12.9. The second-order valence-electron chi connectivity index (χ2n) is 8.19. The number of benzene rings is 2. The van der Waals surface area contributed by atoms with Crippen molar-refractivity contribution in [2.24, 2.45) is 0 Å². The van der Waals surface area contributed by atoms with E-state index in [1.54, 1.807) is 12.1 Å². The number of rotatable bonds is 5. The molecule has 3 rings (SSSR count). The van der Waals surface area contributed by atoms with Crippen LogP contribution in [0.5, 0.6) is 23.0 Å². The van der Waals surface area contributed by atoms with Gasteiger partial charge in [-0.1, -0.05) is 29.4 Å². The number of hydrogen-bond acceptors (Lipinski definition) is 5. The summed E-state index contributed by atoms with van der Waals surface area (Å²) < 4.78 is 6.17. The van der Waals surface area contributed by atoms with Gasteiger partial charge in [-0.25, -0.2) is 0 Å². The monoisotopic (exact) mass is 408 g/mol. The highest BCUT2D eigenvalue weighted by Crippen LogP contribution is 2.45. The lowest BCUT2D eigenvalue weighted by atomic mass is 9.91. The minimum atomic E-state index is -0.567. The summed E-state index contributed by atoms with van der Waals surface area (Å²) in [4.78, 5) is 12.9. The lowest BCUT2D eigenvalue weighted by molar-refractivity contribution is 0.0842. The Labute approximate surface area is 177 Å². The van der Waals surface area contributed by atoms with Crippen LogP contribution in [0.15, 0.2) is 47.6 Å². The van der Waals surface area contributed by atoms with E-state index < -0.39 is 6.10 Å². The molecule has 0 fully saturated rings. The first-order chi connectivity index (χ1) is 14.2. The van der Waals surface area contributed by atoms with Gasteiger partial charge in [-0.15, -0.1) is 0 Å². The summed E-state index contributed by atoms with van der Waals surface area (Å²) in [6.07, 6.45) is 4.42. The number of ether oxygens (including phenoxy) is 1. The lowest BCUT2D eigenvalue weighted by Gasteiger charge is -2.28. The van der Waals surface area contributed by atoms with Gasteiger partial charge in [-0.3, -0.25) is 4.79 Å². The van der Waals surface area contributed by atoms with Gasteiger partial charge in [0.05, 0.1) is 6.42 Å². The van der Waals surface area contributed by atoms with Crippen molar-refractivity contribution in [3.8, 4) is 23.0 Å². The Morgan fingerprint density at radius 3 is 2.30 bits per heavy atom. The molecule has 0 aliphatic carbocycles. The number of carbonyl (C=O) groups excluding carboxylic acids is 1. The maximum Gasteiger partial charge on any atom is 0.174 e. The summed E-state index contributed by atoms with van der Waals surface area (Å²) in [6.45, 7) is 7.88. The zero-order valence-corrected chi connectivity index (χ0v) is 17.8. The average Bonchev–Trinajstić information content (AvgIpc) is 2.66. The molecule has 0 bridgehead atoms. The molecule has 0 saturated heterocycles. The van der Waals surface area contributed by atoms with Crippen LogP contribution in [0.3, 0.4) is 0 Å². The van der Waals surface area contributed by atoms with Crippen molar-refractivity contribution < 1.29 is 24.9 Å². The molecule has 2 aromatic rings. The molecule has 0 radical (unpaired) electrons. The molecule has 0 aromatic heterocycles. The van der Waals surface area contributed by atoms with Crippen LogP contribution in [0.4, 0.5) is 0 Å². The molecule has 0 saturated carbocycles. The van der Waals surface area contributed by atoms with E-state index in [1.807, 2.05) is 45.9 Å². The number of carbonyl (C=O) groups is 1. The van der Waals surface area contributed by atoms with Gasteiger partial charge < -0.3 is 20.1 Å². The number of phenolic OH excluding ortho intramolecular Hbond substituents is 3. The van der Waals surface area contributed by atoms with Crippen LogP contribution in [-0.2, 0) is 12.8 Å².